The number of hydrogen-bond donors (Lipinski definition) is 0. The van der Waals surface area contributed by atoms with Crippen LogP contribution in [-0.4, -0.2) is 5.91 Å². The van der Waals surface area contributed by atoms with Gasteiger partial charge in [0.25, 0.3) is 0 Å². The molecular formula is C17H20F3NO. The molecule has 2 nitrogen and oxygen atoms in total. The number of carbonyl (C=O) groups excluding carboxylic acids is 1. The van der Waals surface area contributed by atoms with Gasteiger partial charge in [-0.05, 0) is 43.2 Å². The number of alkyl halides is 3. The summed E-state index contributed by atoms with van der Waals surface area (Å²) in [7, 11) is 0. The lowest BCUT2D eigenvalue weighted by atomic mass is 10.1. The summed E-state index contributed by atoms with van der Waals surface area (Å²) in [5, 5.41) is 0. The second kappa shape index (κ2) is 7.82. The molecule has 0 heterocycles. The van der Waals surface area contributed by atoms with Crippen LogP contribution in [0.1, 0.15) is 38.7 Å². The third kappa shape index (κ3) is 4.48. The van der Waals surface area contributed by atoms with Crippen LogP contribution in [0.5, 0.6) is 0 Å². The summed E-state index contributed by atoms with van der Waals surface area (Å²) < 4.78 is 37.9. The Morgan fingerprint density at radius 2 is 1.82 bits per heavy atom. The van der Waals surface area contributed by atoms with Crippen molar-refractivity contribution in [2.75, 3.05) is 4.90 Å². The van der Waals surface area contributed by atoms with E-state index in [4.69, 9.17) is 0 Å². The summed E-state index contributed by atoms with van der Waals surface area (Å²) in [6.07, 6.45) is 0.445. The molecule has 0 aliphatic heterocycles. The van der Waals surface area contributed by atoms with Gasteiger partial charge >= 0.3 is 6.18 Å². The van der Waals surface area contributed by atoms with E-state index < -0.39 is 11.7 Å². The zero-order valence-electron chi connectivity index (χ0n) is 12.8. The van der Waals surface area contributed by atoms with Gasteiger partial charge in [0.1, 0.15) is 0 Å². The Hall–Kier alpha value is -2.04. The molecule has 0 bridgehead atoms. The Morgan fingerprint density at radius 3 is 2.23 bits per heavy atom. The van der Waals surface area contributed by atoms with Crippen molar-refractivity contribution >= 4 is 11.6 Å². The van der Waals surface area contributed by atoms with Crippen molar-refractivity contribution in [3.8, 4) is 0 Å². The Bertz CT molecular complexity index is 544. The van der Waals surface area contributed by atoms with E-state index in [1.807, 2.05) is 13.8 Å². The minimum Gasteiger partial charge on any atom is -0.285 e. The molecule has 5 heteroatoms. The topological polar surface area (TPSA) is 20.3 Å². The largest absolute Gasteiger partial charge is 0.416 e. The first-order chi connectivity index (χ1) is 10.3. The van der Waals surface area contributed by atoms with Gasteiger partial charge in [-0.1, -0.05) is 26.5 Å². The van der Waals surface area contributed by atoms with Gasteiger partial charge in [-0.2, -0.15) is 13.2 Å². The predicted molar refractivity (Wildman–Crippen MR) is 82.4 cm³/mol. The fraction of sp³-hybridized carbons (Fsp3) is 0.353. The van der Waals surface area contributed by atoms with Crippen LogP contribution in [0.2, 0.25) is 0 Å². The van der Waals surface area contributed by atoms with Crippen molar-refractivity contribution in [1.29, 1.82) is 0 Å². The third-order valence-corrected chi connectivity index (χ3v) is 3.13. The zero-order valence-corrected chi connectivity index (χ0v) is 12.8. The van der Waals surface area contributed by atoms with Crippen LogP contribution in [0.4, 0.5) is 18.9 Å². The van der Waals surface area contributed by atoms with E-state index in [9.17, 15) is 18.0 Å². The second-order valence-electron chi connectivity index (χ2n) is 4.77. The van der Waals surface area contributed by atoms with Gasteiger partial charge in [-0.3, -0.25) is 9.69 Å². The number of rotatable bonds is 6. The molecule has 0 saturated heterocycles. The molecular weight excluding hydrogens is 291 g/mol. The number of amides is 1. The summed E-state index contributed by atoms with van der Waals surface area (Å²) in [6, 6.07) is 4.62. The maximum atomic E-state index is 12.6. The van der Waals surface area contributed by atoms with Gasteiger partial charge in [-0.15, -0.1) is 0 Å². The van der Waals surface area contributed by atoms with E-state index in [2.05, 4.69) is 6.58 Å². The minimum atomic E-state index is -4.39. The molecule has 1 amide bonds. The lowest BCUT2D eigenvalue weighted by Gasteiger charge is -2.25. The van der Waals surface area contributed by atoms with Crippen molar-refractivity contribution in [1.82, 2.24) is 0 Å². The zero-order chi connectivity index (χ0) is 16.8. The number of allylic oxidation sites excluding steroid dienone is 3. The number of hydrogen-bond acceptors (Lipinski definition) is 1. The monoisotopic (exact) mass is 311 g/mol. The van der Waals surface area contributed by atoms with E-state index >= 15 is 0 Å². The average Bonchev–Trinajstić information content (AvgIpc) is 2.46. The van der Waals surface area contributed by atoms with Crippen molar-refractivity contribution in [2.45, 2.75) is 39.3 Å². The van der Waals surface area contributed by atoms with Crippen LogP contribution in [0.3, 0.4) is 0 Å². The van der Waals surface area contributed by atoms with Crippen LogP contribution >= 0.6 is 0 Å². The van der Waals surface area contributed by atoms with Crippen molar-refractivity contribution < 1.29 is 18.0 Å². The van der Waals surface area contributed by atoms with Gasteiger partial charge < -0.3 is 0 Å². The van der Waals surface area contributed by atoms with Crippen LogP contribution in [0, 0.1) is 0 Å². The summed E-state index contributed by atoms with van der Waals surface area (Å²) in [6.45, 7) is 7.37. The number of carbonyl (C=O) groups is 1. The normalized spacial score (nSPS) is 12.1. The molecule has 0 saturated carbocycles. The standard InChI is InChI=1S/C17H20F3NO/c1-4-7-14(6-3)21(16(22)8-5-2)15-11-9-13(10-12-15)17(18,19)20/h4,7,9-12H,1,5-6,8H2,2-3H3/b14-7+. The van der Waals surface area contributed by atoms with Crippen LogP contribution in [0.15, 0.2) is 48.7 Å². The van der Waals surface area contributed by atoms with E-state index in [-0.39, 0.29) is 5.91 Å². The lowest BCUT2D eigenvalue weighted by Crippen LogP contribution is -2.29. The summed E-state index contributed by atoms with van der Waals surface area (Å²) in [4.78, 5) is 13.8. The quantitative estimate of drug-likeness (QED) is 0.651. The molecule has 1 aromatic rings. The summed E-state index contributed by atoms with van der Waals surface area (Å²) >= 11 is 0. The van der Waals surface area contributed by atoms with E-state index in [1.165, 1.54) is 17.0 Å². The maximum absolute atomic E-state index is 12.6. The molecule has 0 N–H and O–H groups in total. The molecule has 120 valence electrons. The first-order valence-electron chi connectivity index (χ1n) is 7.16. The number of nitrogens with zero attached hydrogens (tertiary/aromatic N) is 1. The highest BCUT2D eigenvalue weighted by Crippen LogP contribution is 2.31. The molecule has 0 aromatic heterocycles. The van der Waals surface area contributed by atoms with Gasteiger partial charge in [-0.25, -0.2) is 0 Å². The van der Waals surface area contributed by atoms with Crippen molar-refractivity contribution in [3.63, 3.8) is 0 Å². The van der Waals surface area contributed by atoms with E-state index in [1.54, 1.807) is 12.2 Å². The lowest BCUT2D eigenvalue weighted by molar-refractivity contribution is -0.137. The molecule has 0 spiro atoms. The maximum Gasteiger partial charge on any atom is 0.416 e. The van der Waals surface area contributed by atoms with Crippen molar-refractivity contribution in [3.05, 3.63) is 54.3 Å². The van der Waals surface area contributed by atoms with Crippen LogP contribution in [-0.2, 0) is 11.0 Å². The fourth-order valence-corrected chi connectivity index (χ4v) is 2.08. The van der Waals surface area contributed by atoms with E-state index in [0.717, 1.165) is 12.1 Å². The van der Waals surface area contributed by atoms with Crippen LogP contribution < -0.4 is 4.90 Å². The Balaban J connectivity index is 3.24. The van der Waals surface area contributed by atoms with Gasteiger partial charge in [0, 0.05) is 17.8 Å². The molecule has 0 atom stereocenters. The van der Waals surface area contributed by atoms with Gasteiger partial charge in [0.05, 0.1) is 5.56 Å². The van der Waals surface area contributed by atoms with Crippen LogP contribution in [0.25, 0.3) is 0 Å². The SMILES string of the molecule is C=C/C=C(\CC)N(C(=O)CCC)c1ccc(C(F)(F)F)cc1. The summed E-state index contributed by atoms with van der Waals surface area (Å²) in [5.41, 5.74) is 0.402. The molecule has 1 aromatic carbocycles. The highest BCUT2D eigenvalue weighted by Gasteiger charge is 2.30. The molecule has 0 aliphatic carbocycles. The Morgan fingerprint density at radius 1 is 1.23 bits per heavy atom. The average molecular weight is 311 g/mol. The van der Waals surface area contributed by atoms with Gasteiger partial charge in [0.15, 0.2) is 0 Å². The smallest absolute Gasteiger partial charge is 0.285 e. The number of halogens is 3. The number of benzene rings is 1. The first-order valence-corrected chi connectivity index (χ1v) is 7.16. The Labute approximate surface area is 128 Å². The number of anilines is 1. The predicted octanol–water partition coefficient (Wildman–Crippen LogP) is 5.32. The third-order valence-electron chi connectivity index (χ3n) is 3.13. The highest BCUT2D eigenvalue weighted by atomic mass is 19.4. The Kier molecular flexibility index (Phi) is 6.40. The molecule has 0 aliphatic rings. The van der Waals surface area contributed by atoms with E-state index in [0.29, 0.717) is 30.6 Å². The molecule has 22 heavy (non-hydrogen) atoms. The highest BCUT2D eigenvalue weighted by molar-refractivity contribution is 5.96. The van der Waals surface area contributed by atoms with Crippen molar-refractivity contribution in [2.24, 2.45) is 0 Å². The van der Waals surface area contributed by atoms with Gasteiger partial charge in [0.2, 0.25) is 5.91 Å². The molecule has 0 fully saturated rings. The minimum absolute atomic E-state index is 0.141. The summed E-state index contributed by atoms with van der Waals surface area (Å²) in [5.74, 6) is -0.141. The molecule has 0 radical (unpaired) electrons. The fourth-order valence-electron chi connectivity index (χ4n) is 2.08. The first kappa shape index (κ1) is 18.0. The molecule has 0 unspecified atom stereocenters. The second-order valence-corrected chi connectivity index (χ2v) is 4.77. The molecule has 1 rings (SSSR count).